The summed E-state index contributed by atoms with van der Waals surface area (Å²) >= 11 is 12.4. The van der Waals surface area contributed by atoms with E-state index in [9.17, 15) is 9.59 Å². The molecule has 4 nitrogen and oxygen atoms in total. The molecule has 3 aromatic carbocycles. The van der Waals surface area contributed by atoms with Gasteiger partial charge in [0, 0.05) is 29.6 Å². The normalized spacial score (nSPS) is 11.7. The van der Waals surface area contributed by atoms with Crippen LogP contribution in [0, 0.1) is 6.92 Å². The Morgan fingerprint density at radius 3 is 2.34 bits per heavy atom. The number of hydrogen-bond acceptors (Lipinski definition) is 2. The van der Waals surface area contributed by atoms with Crippen LogP contribution in [0.4, 0.5) is 0 Å². The molecule has 0 unspecified atom stereocenters. The van der Waals surface area contributed by atoms with Crippen LogP contribution in [0.3, 0.4) is 0 Å². The second-order valence-corrected chi connectivity index (χ2v) is 9.55. The zero-order valence-electron chi connectivity index (χ0n) is 20.3. The first kappa shape index (κ1) is 26.8. The number of carbonyl (C=O) groups is 2. The lowest BCUT2D eigenvalue weighted by Gasteiger charge is -2.32. The Morgan fingerprint density at radius 1 is 0.943 bits per heavy atom. The molecule has 0 aromatic heterocycles. The zero-order chi connectivity index (χ0) is 25.2. The highest BCUT2D eigenvalue weighted by Crippen LogP contribution is 2.24. The molecule has 0 saturated carbocycles. The molecule has 0 heterocycles. The van der Waals surface area contributed by atoms with Gasteiger partial charge in [0.25, 0.3) is 0 Å². The predicted molar refractivity (Wildman–Crippen MR) is 144 cm³/mol. The molecule has 1 N–H and O–H groups in total. The first-order chi connectivity index (χ1) is 16.9. The highest BCUT2D eigenvalue weighted by molar-refractivity contribution is 6.35. The fourth-order valence-electron chi connectivity index (χ4n) is 3.96. The molecule has 0 saturated heterocycles. The number of carbonyl (C=O) groups excluding carboxylic acids is 2. The van der Waals surface area contributed by atoms with E-state index in [0.717, 1.165) is 29.5 Å². The first-order valence-corrected chi connectivity index (χ1v) is 12.7. The van der Waals surface area contributed by atoms with Crippen LogP contribution in [-0.2, 0) is 29.0 Å². The van der Waals surface area contributed by atoms with Crippen LogP contribution in [0.25, 0.3) is 0 Å². The number of hydrogen-bond donors (Lipinski definition) is 1. The molecule has 0 aliphatic rings. The molecule has 0 aliphatic carbocycles. The first-order valence-electron chi connectivity index (χ1n) is 12.0. The second kappa shape index (κ2) is 13.3. The van der Waals surface area contributed by atoms with Gasteiger partial charge in [-0.15, -0.1) is 0 Å². The number of benzene rings is 3. The Morgan fingerprint density at radius 2 is 1.66 bits per heavy atom. The molecule has 184 valence electrons. The van der Waals surface area contributed by atoms with Crippen molar-refractivity contribution in [1.82, 2.24) is 10.2 Å². The van der Waals surface area contributed by atoms with E-state index in [1.165, 1.54) is 0 Å². The average Bonchev–Trinajstić information content (AvgIpc) is 2.84. The minimum Gasteiger partial charge on any atom is -0.354 e. The van der Waals surface area contributed by atoms with E-state index in [1.807, 2.05) is 61.5 Å². The maximum Gasteiger partial charge on any atom is 0.243 e. The van der Waals surface area contributed by atoms with Crippen molar-refractivity contribution < 1.29 is 9.59 Å². The molecular formula is C29H32Cl2N2O2. The highest BCUT2D eigenvalue weighted by atomic mass is 35.5. The van der Waals surface area contributed by atoms with Crippen molar-refractivity contribution >= 4 is 35.0 Å². The molecule has 0 aliphatic heterocycles. The minimum absolute atomic E-state index is 0.0788. The number of aryl methyl sites for hydroxylation is 1. The monoisotopic (exact) mass is 510 g/mol. The van der Waals surface area contributed by atoms with Gasteiger partial charge in [-0.25, -0.2) is 0 Å². The smallest absolute Gasteiger partial charge is 0.243 e. The van der Waals surface area contributed by atoms with Crippen molar-refractivity contribution in [3.05, 3.63) is 105 Å². The van der Waals surface area contributed by atoms with Gasteiger partial charge in [-0.1, -0.05) is 97.2 Å². The van der Waals surface area contributed by atoms with Gasteiger partial charge >= 0.3 is 0 Å². The Labute approximate surface area is 218 Å². The maximum atomic E-state index is 13.8. The lowest BCUT2D eigenvalue weighted by atomic mass is 10.0. The topological polar surface area (TPSA) is 49.4 Å². The molecule has 2 amide bonds. The van der Waals surface area contributed by atoms with Crippen LogP contribution in [0.15, 0.2) is 72.8 Å². The summed E-state index contributed by atoms with van der Waals surface area (Å²) in [6, 6.07) is 22.2. The third kappa shape index (κ3) is 7.84. The lowest BCUT2D eigenvalue weighted by Crippen LogP contribution is -2.51. The predicted octanol–water partition coefficient (Wildman–Crippen LogP) is 6.40. The summed E-state index contributed by atoms with van der Waals surface area (Å²) in [5.41, 5.74) is 3.75. The average molecular weight is 511 g/mol. The summed E-state index contributed by atoms with van der Waals surface area (Å²) in [7, 11) is 0. The van der Waals surface area contributed by atoms with Crippen LogP contribution in [0.2, 0.25) is 10.0 Å². The fraction of sp³-hybridized carbons (Fsp3) is 0.310. The van der Waals surface area contributed by atoms with E-state index in [0.29, 0.717) is 35.1 Å². The molecular weight excluding hydrogens is 479 g/mol. The third-order valence-corrected chi connectivity index (χ3v) is 6.65. The molecule has 0 bridgehead atoms. The number of halogens is 2. The van der Waals surface area contributed by atoms with E-state index in [1.54, 1.807) is 23.1 Å². The number of nitrogens with zero attached hydrogens (tertiary/aromatic N) is 1. The van der Waals surface area contributed by atoms with Gasteiger partial charge in [0.2, 0.25) is 11.8 Å². The summed E-state index contributed by atoms with van der Waals surface area (Å²) in [5.74, 6) is -0.310. The summed E-state index contributed by atoms with van der Waals surface area (Å²) in [6.07, 6.45) is 2.36. The summed E-state index contributed by atoms with van der Waals surface area (Å²) in [4.78, 5) is 28.9. The van der Waals surface area contributed by atoms with Crippen molar-refractivity contribution in [3.8, 4) is 0 Å². The van der Waals surface area contributed by atoms with Gasteiger partial charge in [0.1, 0.15) is 6.04 Å². The van der Waals surface area contributed by atoms with E-state index >= 15 is 0 Å². The lowest BCUT2D eigenvalue weighted by molar-refractivity contribution is -0.140. The van der Waals surface area contributed by atoms with E-state index in [4.69, 9.17) is 23.2 Å². The highest BCUT2D eigenvalue weighted by Gasteiger charge is 2.30. The van der Waals surface area contributed by atoms with E-state index < -0.39 is 6.04 Å². The maximum absolute atomic E-state index is 13.8. The molecule has 6 heteroatoms. The molecule has 0 spiro atoms. The van der Waals surface area contributed by atoms with E-state index in [2.05, 4.69) is 12.2 Å². The Hall–Kier alpha value is -2.82. The number of amides is 2. The van der Waals surface area contributed by atoms with Crippen LogP contribution < -0.4 is 5.32 Å². The van der Waals surface area contributed by atoms with Crippen LogP contribution >= 0.6 is 23.2 Å². The standard InChI is InChI=1S/C29H32Cl2N2O2/c1-3-4-16-32-29(35)27(17-22-11-6-5-7-12-22)33(20-24-13-9-8-10-21(24)2)28(34)18-23-14-15-25(30)19-26(23)31/h5-15,19,27H,3-4,16-18,20H2,1-2H3,(H,32,35)/t27-/m1/s1. The molecule has 3 aromatic rings. The summed E-state index contributed by atoms with van der Waals surface area (Å²) in [5, 5.41) is 4.00. The molecule has 35 heavy (non-hydrogen) atoms. The van der Waals surface area contributed by atoms with Crippen molar-refractivity contribution in [2.45, 2.75) is 52.1 Å². The second-order valence-electron chi connectivity index (χ2n) is 8.71. The van der Waals surface area contributed by atoms with Gasteiger partial charge < -0.3 is 10.2 Å². The van der Waals surface area contributed by atoms with Crippen LogP contribution in [-0.4, -0.2) is 29.3 Å². The third-order valence-electron chi connectivity index (χ3n) is 6.06. The van der Waals surface area contributed by atoms with Crippen molar-refractivity contribution in [1.29, 1.82) is 0 Å². The minimum atomic E-state index is -0.660. The zero-order valence-corrected chi connectivity index (χ0v) is 21.8. The van der Waals surface area contributed by atoms with E-state index in [-0.39, 0.29) is 18.2 Å². The summed E-state index contributed by atoms with van der Waals surface area (Å²) in [6.45, 7) is 5.00. The van der Waals surface area contributed by atoms with Gasteiger partial charge in [0.15, 0.2) is 0 Å². The Bertz CT molecular complexity index is 1130. The Balaban J connectivity index is 1.97. The number of unbranched alkanes of at least 4 members (excludes halogenated alkanes) is 1. The molecule has 1 atom stereocenters. The van der Waals surface area contributed by atoms with Gasteiger partial charge in [0.05, 0.1) is 6.42 Å². The largest absolute Gasteiger partial charge is 0.354 e. The molecule has 0 radical (unpaired) electrons. The quantitative estimate of drug-likeness (QED) is 0.303. The summed E-state index contributed by atoms with van der Waals surface area (Å²) < 4.78 is 0. The van der Waals surface area contributed by atoms with Crippen molar-refractivity contribution in [2.75, 3.05) is 6.54 Å². The number of nitrogens with one attached hydrogen (secondary N) is 1. The Kier molecular flexibility index (Phi) is 10.2. The van der Waals surface area contributed by atoms with Crippen LogP contribution in [0.5, 0.6) is 0 Å². The van der Waals surface area contributed by atoms with Crippen LogP contribution in [0.1, 0.15) is 42.0 Å². The van der Waals surface area contributed by atoms with Crippen molar-refractivity contribution in [3.63, 3.8) is 0 Å². The SMILES string of the molecule is CCCCNC(=O)[C@@H](Cc1ccccc1)N(Cc1ccccc1C)C(=O)Cc1ccc(Cl)cc1Cl. The van der Waals surface area contributed by atoms with Gasteiger partial charge in [-0.05, 0) is 47.7 Å². The molecule has 3 rings (SSSR count). The van der Waals surface area contributed by atoms with Crippen molar-refractivity contribution in [2.24, 2.45) is 0 Å². The molecule has 0 fully saturated rings. The number of rotatable bonds is 11. The fourth-order valence-corrected chi connectivity index (χ4v) is 4.44. The van der Waals surface area contributed by atoms with Gasteiger partial charge in [-0.2, -0.15) is 0 Å². The van der Waals surface area contributed by atoms with Gasteiger partial charge in [-0.3, -0.25) is 9.59 Å².